The fraction of sp³-hybridized carbons (Fsp3) is 0.556. The maximum Gasteiger partial charge on any atom is 0.240 e. The topological polar surface area (TPSA) is 54.0 Å². The van der Waals surface area contributed by atoms with Gasteiger partial charge < -0.3 is 10.6 Å². The molecule has 1 heterocycles. The summed E-state index contributed by atoms with van der Waals surface area (Å²) in [5.74, 6) is 0.768. The van der Waals surface area contributed by atoms with Crippen molar-refractivity contribution in [2.75, 3.05) is 18.4 Å². The van der Waals surface area contributed by atoms with Crippen LogP contribution in [-0.2, 0) is 4.79 Å². The maximum atomic E-state index is 11.4. The monoisotopic (exact) mass is 289 g/mol. The minimum atomic E-state index is -0.0301. The number of thiazole rings is 1. The van der Waals surface area contributed by atoms with Gasteiger partial charge in [-0.1, -0.05) is 11.3 Å². The Labute approximate surface area is 101 Å². The van der Waals surface area contributed by atoms with E-state index in [2.05, 4.69) is 31.5 Å². The Hall–Kier alpha value is -0.460. The van der Waals surface area contributed by atoms with Gasteiger partial charge in [0.25, 0.3) is 0 Å². The molecular weight excluding hydrogens is 278 g/mol. The highest BCUT2D eigenvalue weighted by molar-refractivity contribution is 9.11. The molecule has 1 aliphatic rings. The molecule has 0 radical (unpaired) electrons. The number of rotatable bonds is 5. The Kier molecular flexibility index (Phi) is 3.71. The van der Waals surface area contributed by atoms with Crippen molar-refractivity contribution in [1.29, 1.82) is 0 Å². The molecule has 15 heavy (non-hydrogen) atoms. The van der Waals surface area contributed by atoms with E-state index in [0.717, 1.165) is 16.2 Å². The highest BCUT2D eigenvalue weighted by Gasteiger charge is 2.20. The third-order valence-electron chi connectivity index (χ3n) is 2.14. The van der Waals surface area contributed by atoms with Gasteiger partial charge >= 0.3 is 0 Å². The second-order valence-electron chi connectivity index (χ2n) is 3.59. The van der Waals surface area contributed by atoms with Crippen LogP contribution in [0.4, 0.5) is 5.13 Å². The van der Waals surface area contributed by atoms with Crippen LogP contribution >= 0.6 is 27.3 Å². The largest absolute Gasteiger partial charge is 0.308 e. The van der Waals surface area contributed by atoms with Crippen LogP contribution in [0.25, 0.3) is 0 Å². The van der Waals surface area contributed by atoms with Gasteiger partial charge in [0.1, 0.15) is 0 Å². The molecular formula is C9H12BrN3OS. The number of carbonyl (C=O) groups excluding carboxylic acids is 1. The van der Waals surface area contributed by atoms with Crippen molar-refractivity contribution in [3.05, 3.63) is 9.98 Å². The SMILES string of the molecule is O=C(CNCC1CC1)Nc1ncc(Br)s1. The zero-order chi connectivity index (χ0) is 10.7. The van der Waals surface area contributed by atoms with Crippen molar-refractivity contribution in [2.45, 2.75) is 12.8 Å². The zero-order valence-corrected chi connectivity index (χ0v) is 10.5. The van der Waals surface area contributed by atoms with E-state index in [1.807, 2.05) is 0 Å². The van der Waals surface area contributed by atoms with Crippen LogP contribution in [0.3, 0.4) is 0 Å². The van der Waals surface area contributed by atoms with Gasteiger partial charge in [0.15, 0.2) is 5.13 Å². The van der Waals surface area contributed by atoms with E-state index < -0.39 is 0 Å². The Morgan fingerprint density at radius 2 is 2.47 bits per heavy atom. The van der Waals surface area contributed by atoms with Gasteiger partial charge in [0.2, 0.25) is 5.91 Å². The van der Waals surface area contributed by atoms with Gasteiger partial charge in [-0.05, 0) is 41.2 Å². The lowest BCUT2D eigenvalue weighted by Crippen LogP contribution is -2.29. The zero-order valence-electron chi connectivity index (χ0n) is 8.12. The van der Waals surface area contributed by atoms with E-state index in [4.69, 9.17) is 0 Å². The molecule has 0 saturated heterocycles. The smallest absolute Gasteiger partial charge is 0.240 e. The number of nitrogens with zero attached hydrogens (tertiary/aromatic N) is 1. The fourth-order valence-electron chi connectivity index (χ4n) is 1.19. The number of carbonyl (C=O) groups is 1. The highest BCUT2D eigenvalue weighted by Crippen LogP contribution is 2.27. The van der Waals surface area contributed by atoms with Gasteiger partial charge in [-0.3, -0.25) is 4.79 Å². The normalized spacial score (nSPS) is 15.3. The Morgan fingerprint density at radius 3 is 3.07 bits per heavy atom. The minimum absolute atomic E-state index is 0.0301. The summed E-state index contributed by atoms with van der Waals surface area (Å²) in [5, 5.41) is 6.50. The van der Waals surface area contributed by atoms with Crippen LogP contribution in [-0.4, -0.2) is 24.0 Å². The molecule has 1 amide bonds. The van der Waals surface area contributed by atoms with Crippen LogP contribution < -0.4 is 10.6 Å². The second kappa shape index (κ2) is 5.05. The van der Waals surface area contributed by atoms with Crippen molar-refractivity contribution in [3.8, 4) is 0 Å². The molecule has 2 rings (SSSR count). The van der Waals surface area contributed by atoms with E-state index in [1.165, 1.54) is 24.2 Å². The molecule has 0 bridgehead atoms. The molecule has 1 aliphatic carbocycles. The van der Waals surface area contributed by atoms with Gasteiger partial charge in [-0.15, -0.1) is 0 Å². The number of nitrogens with one attached hydrogen (secondary N) is 2. The quantitative estimate of drug-likeness (QED) is 0.870. The molecule has 6 heteroatoms. The molecule has 4 nitrogen and oxygen atoms in total. The number of halogens is 1. The molecule has 1 aromatic rings. The minimum Gasteiger partial charge on any atom is -0.308 e. The first-order valence-electron chi connectivity index (χ1n) is 4.86. The van der Waals surface area contributed by atoms with Crippen LogP contribution in [0.1, 0.15) is 12.8 Å². The number of hydrogen-bond acceptors (Lipinski definition) is 4. The first kappa shape index (κ1) is 11.0. The maximum absolute atomic E-state index is 11.4. The average Bonchev–Trinajstić information content (AvgIpc) is 2.91. The van der Waals surface area contributed by atoms with Crippen molar-refractivity contribution >= 4 is 38.3 Å². The fourth-order valence-corrected chi connectivity index (χ4v) is 2.31. The van der Waals surface area contributed by atoms with Gasteiger partial charge in [0, 0.05) is 0 Å². The molecule has 0 atom stereocenters. The molecule has 1 aromatic heterocycles. The first-order valence-corrected chi connectivity index (χ1v) is 6.47. The molecule has 2 N–H and O–H groups in total. The summed E-state index contributed by atoms with van der Waals surface area (Å²) in [5.41, 5.74) is 0. The van der Waals surface area contributed by atoms with Crippen LogP contribution in [0.5, 0.6) is 0 Å². The lowest BCUT2D eigenvalue weighted by Gasteiger charge is -2.02. The third-order valence-corrected chi connectivity index (χ3v) is 3.53. The summed E-state index contributed by atoms with van der Waals surface area (Å²) in [6.45, 7) is 1.32. The van der Waals surface area contributed by atoms with E-state index in [-0.39, 0.29) is 5.91 Å². The third kappa shape index (κ3) is 3.89. The first-order chi connectivity index (χ1) is 7.24. The summed E-state index contributed by atoms with van der Waals surface area (Å²) >= 11 is 4.71. The number of aromatic nitrogens is 1. The predicted octanol–water partition coefficient (Wildman–Crippen LogP) is 1.84. The summed E-state index contributed by atoms with van der Waals surface area (Å²) < 4.78 is 0.920. The summed E-state index contributed by atoms with van der Waals surface area (Å²) in [6.07, 6.45) is 4.28. The average molecular weight is 290 g/mol. The van der Waals surface area contributed by atoms with Gasteiger partial charge in [-0.25, -0.2) is 4.98 Å². The number of anilines is 1. The number of amides is 1. The Balaban J connectivity index is 1.67. The highest BCUT2D eigenvalue weighted by atomic mass is 79.9. The summed E-state index contributed by atoms with van der Waals surface area (Å²) in [6, 6.07) is 0. The molecule has 0 spiro atoms. The molecule has 0 aliphatic heterocycles. The van der Waals surface area contributed by atoms with Crippen LogP contribution in [0.2, 0.25) is 0 Å². The van der Waals surface area contributed by atoms with E-state index in [0.29, 0.717) is 11.7 Å². The van der Waals surface area contributed by atoms with Crippen molar-refractivity contribution in [2.24, 2.45) is 5.92 Å². The molecule has 1 saturated carbocycles. The number of hydrogen-bond donors (Lipinski definition) is 2. The van der Waals surface area contributed by atoms with E-state index >= 15 is 0 Å². The standard InChI is InChI=1S/C9H12BrN3OS/c10-7-4-12-9(15-7)13-8(14)5-11-3-6-1-2-6/h4,6,11H,1-3,5H2,(H,12,13,14). The molecule has 1 fully saturated rings. The van der Waals surface area contributed by atoms with E-state index in [1.54, 1.807) is 6.20 Å². The van der Waals surface area contributed by atoms with Crippen molar-refractivity contribution in [3.63, 3.8) is 0 Å². The molecule has 82 valence electrons. The van der Waals surface area contributed by atoms with Crippen LogP contribution in [0, 0.1) is 5.92 Å². The molecule has 0 aromatic carbocycles. The Morgan fingerprint density at radius 1 is 1.67 bits per heavy atom. The lowest BCUT2D eigenvalue weighted by atomic mass is 10.4. The lowest BCUT2D eigenvalue weighted by molar-refractivity contribution is -0.115. The van der Waals surface area contributed by atoms with Crippen molar-refractivity contribution < 1.29 is 4.79 Å². The summed E-state index contributed by atoms with van der Waals surface area (Å²) in [4.78, 5) is 15.4. The van der Waals surface area contributed by atoms with Crippen LogP contribution in [0.15, 0.2) is 9.98 Å². The molecule has 0 unspecified atom stereocenters. The second-order valence-corrected chi connectivity index (χ2v) is 6.00. The van der Waals surface area contributed by atoms with Gasteiger partial charge in [-0.2, -0.15) is 0 Å². The van der Waals surface area contributed by atoms with Gasteiger partial charge in [0.05, 0.1) is 16.5 Å². The van der Waals surface area contributed by atoms with Crippen molar-refractivity contribution in [1.82, 2.24) is 10.3 Å². The van der Waals surface area contributed by atoms with E-state index in [9.17, 15) is 4.79 Å². The predicted molar refractivity (Wildman–Crippen MR) is 64.0 cm³/mol. The summed E-state index contributed by atoms with van der Waals surface area (Å²) in [7, 11) is 0. The Bertz CT molecular complexity index is 351.